The molecule has 0 radical (unpaired) electrons. The summed E-state index contributed by atoms with van der Waals surface area (Å²) in [5.74, 6) is 0.774. The van der Waals surface area contributed by atoms with Crippen LogP contribution in [-0.4, -0.2) is 40.0 Å². The number of benzene rings is 1. The zero-order valence-corrected chi connectivity index (χ0v) is 14.0. The topological polar surface area (TPSA) is 59.3 Å². The maximum atomic E-state index is 9.29. The highest BCUT2D eigenvalue weighted by Crippen LogP contribution is 2.35. The monoisotopic (exact) mass is 343 g/mol. The number of hydrogen-bond donors (Lipinski definition) is 2. The van der Waals surface area contributed by atoms with E-state index >= 15 is 0 Å². The lowest BCUT2D eigenvalue weighted by Crippen LogP contribution is -2.18. The molecular weight excluding hydrogens is 325 g/mol. The number of fused-ring (bicyclic) bond motifs is 1. The molecule has 2 aromatic rings. The molecule has 1 saturated heterocycles. The Morgan fingerprint density at radius 3 is 2.77 bits per heavy atom. The highest BCUT2D eigenvalue weighted by molar-refractivity contribution is 6.42. The molecule has 1 fully saturated rings. The van der Waals surface area contributed by atoms with Crippen molar-refractivity contribution >= 4 is 40.2 Å². The summed E-state index contributed by atoms with van der Waals surface area (Å²) in [6.07, 6.45) is 0.617. The lowest BCUT2D eigenvalue weighted by atomic mass is 10.1. The SMILES string of the molecule is CC(C)Nc1nc2cc(Cl)c(Cl)cc2n1[C@@H]1CO[C@H](CO)C1. The number of aromatic nitrogens is 2. The average Bonchev–Trinajstić information content (AvgIpc) is 3.03. The maximum absolute atomic E-state index is 9.29. The molecule has 0 amide bonds. The van der Waals surface area contributed by atoms with Crippen LogP contribution >= 0.6 is 23.2 Å². The Labute approximate surface area is 139 Å². The third kappa shape index (κ3) is 2.91. The van der Waals surface area contributed by atoms with E-state index in [-0.39, 0.29) is 24.8 Å². The summed E-state index contributed by atoms with van der Waals surface area (Å²) in [4.78, 5) is 4.64. The predicted octanol–water partition coefficient (Wildman–Crippen LogP) is 3.49. The van der Waals surface area contributed by atoms with E-state index in [0.717, 1.165) is 23.4 Å². The number of anilines is 1. The zero-order valence-electron chi connectivity index (χ0n) is 12.5. The lowest BCUT2D eigenvalue weighted by molar-refractivity contribution is 0.0576. The molecule has 3 rings (SSSR count). The summed E-state index contributed by atoms with van der Waals surface area (Å²) in [7, 11) is 0. The second-order valence-electron chi connectivity index (χ2n) is 5.89. The van der Waals surface area contributed by atoms with Crippen molar-refractivity contribution in [3.8, 4) is 0 Å². The minimum absolute atomic E-state index is 0.0304. The van der Waals surface area contributed by atoms with Gasteiger partial charge in [-0.15, -0.1) is 0 Å². The Bertz CT molecular complexity index is 687. The standard InChI is InChI=1S/C15H19Cl2N3O2/c1-8(2)18-15-19-13-4-11(16)12(17)5-14(13)20(15)9-3-10(6-21)22-7-9/h4-5,8-10,21H,3,6-7H2,1-2H3,(H,18,19)/t9-,10-/m0/s1. The van der Waals surface area contributed by atoms with Crippen LogP contribution < -0.4 is 5.32 Å². The van der Waals surface area contributed by atoms with Gasteiger partial charge in [0.25, 0.3) is 0 Å². The van der Waals surface area contributed by atoms with E-state index in [4.69, 9.17) is 27.9 Å². The van der Waals surface area contributed by atoms with E-state index in [2.05, 4.69) is 28.7 Å². The van der Waals surface area contributed by atoms with Gasteiger partial charge < -0.3 is 19.7 Å². The molecule has 120 valence electrons. The van der Waals surface area contributed by atoms with Crippen LogP contribution in [0, 0.1) is 0 Å². The van der Waals surface area contributed by atoms with Crippen molar-refractivity contribution in [2.75, 3.05) is 18.5 Å². The molecule has 0 spiro atoms. The first-order valence-corrected chi connectivity index (χ1v) is 8.11. The Morgan fingerprint density at radius 2 is 2.14 bits per heavy atom. The third-order valence-electron chi connectivity index (χ3n) is 3.78. The van der Waals surface area contributed by atoms with E-state index in [9.17, 15) is 5.11 Å². The molecule has 2 N–H and O–H groups in total. The molecule has 1 aromatic carbocycles. The number of ether oxygens (including phenoxy) is 1. The molecule has 0 unspecified atom stereocenters. The first-order chi connectivity index (χ1) is 10.5. The first-order valence-electron chi connectivity index (χ1n) is 7.35. The molecule has 7 heteroatoms. The van der Waals surface area contributed by atoms with Gasteiger partial charge >= 0.3 is 0 Å². The van der Waals surface area contributed by atoms with Crippen LogP contribution in [0.5, 0.6) is 0 Å². The third-order valence-corrected chi connectivity index (χ3v) is 4.50. The van der Waals surface area contributed by atoms with Crippen molar-refractivity contribution in [3.05, 3.63) is 22.2 Å². The number of halogens is 2. The van der Waals surface area contributed by atoms with Crippen molar-refractivity contribution in [1.29, 1.82) is 0 Å². The van der Waals surface area contributed by atoms with Gasteiger partial charge in [-0.2, -0.15) is 0 Å². The van der Waals surface area contributed by atoms with Crippen LogP contribution in [0.2, 0.25) is 10.0 Å². The number of rotatable bonds is 4. The van der Waals surface area contributed by atoms with Gasteiger partial charge in [-0.3, -0.25) is 0 Å². The van der Waals surface area contributed by atoms with Crippen LogP contribution in [0.4, 0.5) is 5.95 Å². The number of nitrogens with zero attached hydrogens (tertiary/aromatic N) is 2. The van der Waals surface area contributed by atoms with Crippen LogP contribution in [-0.2, 0) is 4.74 Å². The quantitative estimate of drug-likeness (QED) is 0.892. The fraction of sp³-hybridized carbons (Fsp3) is 0.533. The molecule has 1 aliphatic rings. The number of nitrogens with one attached hydrogen (secondary N) is 1. The Hall–Kier alpha value is -1.01. The second kappa shape index (κ2) is 6.24. The highest BCUT2D eigenvalue weighted by Gasteiger charge is 2.29. The lowest BCUT2D eigenvalue weighted by Gasteiger charge is -2.17. The Morgan fingerprint density at radius 1 is 1.41 bits per heavy atom. The number of imidazole rings is 1. The minimum Gasteiger partial charge on any atom is -0.394 e. The molecule has 0 bridgehead atoms. The molecule has 1 aliphatic heterocycles. The molecule has 2 heterocycles. The Balaban J connectivity index is 2.10. The van der Waals surface area contributed by atoms with E-state index in [1.54, 1.807) is 6.07 Å². The summed E-state index contributed by atoms with van der Waals surface area (Å²) >= 11 is 12.3. The van der Waals surface area contributed by atoms with E-state index in [0.29, 0.717) is 16.7 Å². The molecule has 2 atom stereocenters. The number of aliphatic hydroxyl groups excluding tert-OH is 1. The van der Waals surface area contributed by atoms with Crippen LogP contribution in [0.25, 0.3) is 11.0 Å². The van der Waals surface area contributed by atoms with Gasteiger partial charge in [0.15, 0.2) is 0 Å². The van der Waals surface area contributed by atoms with Gasteiger partial charge in [0.05, 0.1) is 46.4 Å². The van der Waals surface area contributed by atoms with E-state index in [1.807, 2.05) is 6.07 Å². The molecule has 1 aromatic heterocycles. The van der Waals surface area contributed by atoms with Gasteiger partial charge in [-0.05, 0) is 32.4 Å². The fourth-order valence-electron chi connectivity index (χ4n) is 2.81. The van der Waals surface area contributed by atoms with E-state index < -0.39 is 0 Å². The van der Waals surface area contributed by atoms with Crippen molar-refractivity contribution in [2.45, 2.75) is 38.5 Å². The summed E-state index contributed by atoms with van der Waals surface area (Å²) in [5, 5.41) is 13.6. The normalized spacial score (nSPS) is 21.9. The van der Waals surface area contributed by atoms with Crippen molar-refractivity contribution in [1.82, 2.24) is 9.55 Å². The highest BCUT2D eigenvalue weighted by atomic mass is 35.5. The van der Waals surface area contributed by atoms with Crippen LogP contribution in [0.3, 0.4) is 0 Å². The average molecular weight is 344 g/mol. The van der Waals surface area contributed by atoms with Gasteiger partial charge in [0, 0.05) is 6.04 Å². The minimum atomic E-state index is -0.128. The largest absolute Gasteiger partial charge is 0.394 e. The van der Waals surface area contributed by atoms with Crippen LogP contribution in [0.15, 0.2) is 12.1 Å². The van der Waals surface area contributed by atoms with Crippen LogP contribution in [0.1, 0.15) is 26.3 Å². The van der Waals surface area contributed by atoms with Gasteiger partial charge in [-0.1, -0.05) is 23.2 Å². The van der Waals surface area contributed by atoms with Gasteiger partial charge in [0.2, 0.25) is 5.95 Å². The predicted molar refractivity (Wildman–Crippen MR) is 89.0 cm³/mol. The number of aliphatic hydroxyl groups is 1. The summed E-state index contributed by atoms with van der Waals surface area (Å²) in [6, 6.07) is 3.97. The summed E-state index contributed by atoms with van der Waals surface area (Å²) in [5.41, 5.74) is 1.72. The number of hydrogen-bond acceptors (Lipinski definition) is 4. The van der Waals surface area contributed by atoms with Crippen molar-refractivity contribution < 1.29 is 9.84 Å². The maximum Gasteiger partial charge on any atom is 0.204 e. The second-order valence-corrected chi connectivity index (χ2v) is 6.70. The molecule has 0 saturated carbocycles. The molecule has 22 heavy (non-hydrogen) atoms. The Kier molecular flexibility index (Phi) is 4.50. The zero-order chi connectivity index (χ0) is 15.9. The first kappa shape index (κ1) is 15.9. The van der Waals surface area contributed by atoms with Gasteiger partial charge in [-0.25, -0.2) is 4.98 Å². The van der Waals surface area contributed by atoms with Crippen molar-refractivity contribution in [2.24, 2.45) is 0 Å². The molecule has 0 aliphatic carbocycles. The van der Waals surface area contributed by atoms with Crippen molar-refractivity contribution in [3.63, 3.8) is 0 Å². The summed E-state index contributed by atoms with van der Waals surface area (Å²) in [6.45, 7) is 4.70. The molecule has 5 nitrogen and oxygen atoms in total. The van der Waals surface area contributed by atoms with Gasteiger partial charge in [0.1, 0.15) is 0 Å². The van der Waals surface area contributed by atoms with E-state index in [1.165, 1.54) is 0 Å². The molecular formula is C15H19Cl2N3O2. The smallest absolute Gasteiger partial charge is 0.204 e. The summed E-state index contributed by atoms with van der Waals surface area (Å²) < 4.78 is 7.72. The fourth-order valence-corrected chi connectivity index (χ4v) is 3.13.